The Balaban J connectivity index is 1.68. The second kappa shape index (κ2) is 9.04. The van der Waals surface area contributed by atoms with E-state index in [-0.39, 0.29) is 17.2 Å². The fraction of sp³-hybridized carbons (Fsp3) is 0.375. The number of hydrogen-bond acceptors (Lipinski definition) is 4. The molecule has 1 aliphatic rings. The Morgan fingerprint density at radius 1 is 1.17 bits per heavy atom. The van der Waals surface area contributed by atoms with Gasteiger partial charge >= 0.3 is 0 Å². The Hall–Kier alpha value is -2.60. The zero-order valence-corrected chi connectivity index (χ0v) is 18.3. The van der Waals surface area contributed by atoms with Gasteiger partial charge in [-0.2, -0.15) is 0 Å². The average molecular weight is 422 g/mol. The third-order valence-electron chi connectivity index (χ3n) is 5.68. The lowest BCUT2D eigenvalue weighted by molar-refractivity contribution is -0.130. The standard InChI is InChI=1S/C24H27N3O2S/c1-3-18-10-12-19(13-11-18)27-23(29)20-8-4-5-9-21(20)25-24(27)30-16-22(28)26-14-6-7-17(2)15-26/h4-5,8-13,17H,3,6-7,14-16H2,1-2H3. The third kappa shape index (κ3) is 4.29. The van der Waals surface area contributed by atoms with Crippen LogP contribution < -0.4 is 5.56 Å². The summed E-state index contributed by atoms with van der Waals surface area (Å²) in [6.45, 7) is 5.93. The number of piperidine rings is 1. The Bertz CT molecular complexity index is 1110. The molecule has 1 aromatic heterocycles. The maximum atomic E-state index is 13.3. The number of hydrogen-bond donors (Lipinski definition) is 0. The first-order valence-electron chi connectivity index (χ1n) is 10.6. The lowest BCUT2D eigenvalue weighted by Gasteiger charge is -2.30. The summed E-state index contributed by atoms with van der Waals surface area (Å²) in [4.78, 5) is 32.8. The number of aromatic nitrogens is 2. The molecule has 2 aromatic carbocycles. The van der Waals surface area contributed by atoms with Crippen LogP contribution >= 0.6 is 11.8 Å². The molecule has 1 saturated heterocycles. The Kier molecular flexibility index (Phi) is 6.23. The minimum atomic E-state index is -0.105. The minimum absolute atomic E-state index is 0.105. The molecule has 1 fully saturated rings. The molecule has 2 heterocycles. The first-order chi connectivity index (χ1) is 14.6. The molecule has 0 radical (unpaired) electrons. The van der Waals surface area contributed by atoms with E-state index in [1.165, 1.54) is 23.7 Å². The van der Waals surface area contributed by atoms with Crippen molar-refractivity contribution in [2.24, 2.45) is 5.92 Å². The van der Waals surface area contributed by atoms with E-state index < -0.39 is 0 Å². The highest BCUT2D eigenvalue weighted by Crippen LogP contribution is 2.23. The summed E-state index contributed by atoms with van der Waals surface area (Å²) in [6.07, 6.45) is 3.17. The second-order valence-corrected chi connectivity index (χ2v) is 8.89. The molecule has 1 aliphatic heterocycles. The Morgan fingerprint density at radius 2 is 1.93 bits per heavy atom. The molecule has 30 heavy (non-hydrogen) atoms. The summed E-state index contributed by atoms with van der Waals surface area (Å²) >= 11 is 1.34. The molecule has 1 amide bonds. The van der Waals surface area contributed by atoms with Crippen LogP contribution in [0.25, 0.3) is 16.6 Å². The predicted octanol–water partition coefficient (Wildman–Crippen LogP) is 4.30. The lowest BCUT2D eigenvalue weighted by Crippen LogP contribution is -2.40. The summed E-state index contributed by atoms with van der Waals surface area (Å²) in [5.74, 6) is 0.938. The van der Waals surface area contributed by atoms with Gasteiger partial charge in [0.2, 0.25) is 5.91 Å². The van der Waals surface area contributed by atoms with Crippen LogP contribution in [-0.4, -0.2) is 39.2 Å². The minimum Gasteiger partial charge on any atom is -0.342 e. The number of rotatable bonds is 5. The van der Waals surface area contributed by atoms with Crippen molar-refractivity contribution in [1.29, 1.82) is 0 Å². The number of aryl methyl sites for hydroxylation is 1. The van der Waals surface area contributed by atoms with E-state index in [0.29, 0.717) is 22.0 Å². The molecule has 3 aromatic rings. The highest BCUT2D eigenvalue weighted by Gasteiger charge is 2.22. The number of likely N-dealkylation sites (tertiary alicyclic amines) is 1. The van der Waals surface area contributed by atoms with Crippen molar-refractivity contribution in [2.75, 3.05) is 18.8 Å². The van der Waals surface area contributed by atoms with Crippen molar-refractivity contribution < 1.29 is 4.79 Å². The normalized spacial score (nSPS) is 16.7. The molecular weight excluding hydrogens is 394 g/mol. The average Bonchev–Trinajstić information content (AvgIpc) is 2.78. The zero-order chi connectivity index (χ0) is 21.1. The van der Waals surface area contributed by atoms with Crippen LogP contribution in [0.1, 0.15) is 32.3 Å². The van der Waals surface area contributed by atoms with E-state index in [9.17, 15) is 9.59 Å². The van der Waals surface area contributed by atoms with Gasteiger partial charge in [-0.15, -0.1) is 0 Å². The molecule has 156 valence electrons. The van der Waals surface area contributed by atoms with Crippen LogP contribution in [0, 0.1) is 5.92 Å². The second-order valence-electron chi connectivity index (χ2n) is 7.95. The van der Waals surface area contributed by atoms with Crippen LogP contribution in [-0.2, 0) is 11.2 Å². The third-order valence-corrected chi connectivity index (χ3v) is 6.61. The van der Waals surface area contributed by atoms with Crippen molar-refractivity contribution >= 4 is 28.6 Å². The van der Waals surface area contributed by atoms with Gasteiger partial charge in [0.1, 0.15) is 0 Å². The molecule has 4 rings (SSSR count). The van der Waals surface area contributed by atoms with E-state index in [4.69, 9.17) is 4.98 Å². The maximum Gasteiger partial charge on any atom is 0.266 e. The Morgan fingerprint density at radius 3 is 2.67 bits per heavy atom. The molecule has 5 nitrogen and oxygen atoms in total. The monoisotopic (exact) mass is 421 g/mol. The van der Waals surface area contributed by atoms with Crippen molar-refractivity contribution in [3.8, 4) is 5.69 Å². The number of carbonyl (C=O) groups is 1. The molecule has 1 unspecified atom stereocenters. The van der Waals surface area contributed by atoms with Gasteiger partial charge in [-0.25, -0.2) is 4.98 Å². The van der Waals surface area contributed by atoms with E-state index in [2.05, 4.69) is 13.8 Å². The summed E-state index contributed by atoms with van der Waals surface area (Å²) in [5, 5.41) is 1.14. The van der Waals surface area contributed by atoms with Gasteiger partial charge in [0.05, 0.1) is 22.3 Å². The van der Waals surface area contributed by atoms with Crippen molar-refractivity contribution in [3.05, 3.63) is 64.4 Å². The molecule has 1 atom stereocenters. The molecular formula is C24H27N3O2S. The SMILES string of the molecule is CCc1ccc(-n2c(SCC(=O)N3CCCC(C)C3)nc3ccccc3c2=O)cc1. The first-order valence-corrected chi connectivity index (χ1v) is 11.6. The maximum absolute atomic E-state index is 13.3. The quantitative estimate of drug-likeness (QED) is 0.455. The van der Waals surface area contributed by atoms with E-state index in [0.717, 1.165) is 31.6 Å². The summed E-state index contributed by atoms with van der Waals surface area (Å²) in [5.41, 5.74) is 2.54. The molecule has 0 spiro atoms. The van der Waals surface area contributed by atoms with Gasteiger partial charge in [0.25, 0.3) is 5.56 Å². The smallest absolute Gasteiger partial charge is 0.266 e. The van der Waals surface area contributed by atoms with Gasteiger partial charge in [-0.3, -0.25) is 14.2 Å². The number of thioether (sulfide) groups is 1. The molecule has 0 N–H and O–H groups in total. The molecule has 0 bridgehead atoms. The summed E-state index contributed by atoms with van der Waals surface area (Å²) < 4.78 is 1.64. The number of para-hydroxylation sites is 1. The molecule has 0 saturated carbocycles. The zero-order valence-electron chi connectivity index (χ0n) is 17.5. The van der Waals surface area contributed by atoms with Crippen LogP contribution in [0.3, 0.4) is 0 Å². The number of benzene rings is 2. The number of fused-ring (bicyclic) bond motifs is 1. The van der Waals surface area contributed by atoms with Crippen molar-refractivity contribution in [3.63, 3.8) is 0 Å². The molecule has 6 heteroatoms. The highest BCUT2D eigenvalue weighted by molar-refractivity contribution is 7.99. The first kappa shape index (κ1) is 20.7. The lowest BCUT2D eigenvalue weighted by atomic mass is 10.0. The van der Waals surface area contributed by atoms with Crippen LogP contribution in [0.15, 0.2) is 58.5 Å². The van der Waals surface area contributed by atoms with Gasteiger partial charge in [-0.1, -0.05) is 49.9 Å². The summed E-state index contributed by atoms with van der Waals surface area (Å²) in [7, 11) is 0. The fourth-order valence-electron chi connectivity index (χ4n) is 3.95. The van der Waals surface area contributed by atoms with Crippen molar-refractivity contribution in [2.45, 2.75) is 38.3 Å². The topological polar surface area (TPSA) is 55.2 Å². The predicted molar refractivity (Wildman–Crippen MR) is 122 cm³/mol. The van der Waals surface area contributed by atoms with Crippen molar-refractivity contribution in [1.82, 2.24) is 14.5 Å². The fourth-order valence-corrected chi connectivity index (χ4v) is 4.87. The number of nitrogens with zero attached hydrogens (tertiary/aromatic N) is 3. The number of amides is 1. The van der Waals surface area contributed by atoms with Crippen LogP contribution in [0.4, 0.5) is 0 Å². The Labute approximate surface area is 181 Å². The molecule has 0 aliphatic carbocycles. The van der Waals surface area contributed by atoms with Crippen LogP contribution in [0.5, 0.6) is 0 Å². The van der Waals surface area contributed by atoms with Gasteiger partial charge in [-0.05, 0) is 55.0 Å². The van der Waals surface area contributed by atoms with Gasteiger partial charge < -0.3 is 4.90 Å². The summed E-state index contributed by atoms with van der Waals surface area (Å²) in [6, 6.07) is 15.4. The van der Waals surface area contributed by atoms with E-state index >= 15 is 0 Å². The van der Waals surface area contributed by atoms with Gasteiger partial charge in [0.15, 0.2) is 5.16 Å². The van der Waals surface area contributed by atoms with Crippen LogP contribution in [0.2, 0.25) is 0 Å². The van der Waals surface area contributed by atoms with E-state index in [1.54, 1.807) is 10.6 Å². The number of carbonyl (C=O) groups excluding carboxylic acids is 1. The van der Waals surface area contributed by atoms with Gasteiger partial charge in [0, 0.05) is 13.1 Å². The van der Waals surface area contributed by atoms with E-state index in [1.807, 2.05) is 47.4 Å². The largest absolute Gasteiger partial charge is 0.342 e. The highest BCUT2D eigenvalue weighted by atomic mass is 32.2.